The zero-order valence-corrected chi connectivity index (χ0v) is 13.2. The van der Waals surface area contributed by atoms with Gasteiger partial charge in [-0.1, -0.05) is 5.16 Å². The Balaban J connectivity index is 1.75. The van der Waals surface area contributed by atoms with E-state index >= 15 is 0 Å². The van der Waals surface area contributed by atoms with Gasteiger partial charge in [-0.15, -0.1) is 0 Å². The van der Waals surface area contributed by atoms with Crippen LogP contribution >= 0.6 is 0 Å². The minimum Gasteiger partial charge on any atom is -0.351 e. The highest BCUT2D eigenvalue weighted by molar-refractivity contribution is 5.91. The second-order valence-corrected chi connectivity index (χ2v) is 6.04. The van der Waals surface area contributed by atoms with Crippen LogP contribution in [0.15, 0.2) is 33.7 Å². The van der Waals surface area contributed by atoms with E-state index in [-0.39, 0.29) is 23.3 Å². The first kappa shape index (κ1) is 14.7. The van der Waals surface area contributed by atoms with Crippen molar-refractivity contribution in [2.24, 2.45) is 0 Å². The van der Waals surface area contributed by atoms with Gasteiger partial charge < -0.3 is 9.42 Å². The number of likely N-dealkylation sites (tertiary alicyclic amines) is 1. The molecule has 3 aromatic rings. The van der Waals surface area contributed by atoms with E-state index in [4.69, 9.17) is 4.52 Å². The molecule has 4 rings (SSSR count). The number of rotatable bonds is 2. The van der Waals surface area contributed by atoms with Crippen LogP contribution in [0.4, 0.5) is 0 Å². The van der Waals surface area contributed by atoms with Crippen molar-refractivity contribution in [3.05, 3.63) is 51.9 Å². The van der Waals surface area contributed by atoms with Crippen LogP contribution in [0, 0.1) is 6.92 Å². The number of H-pyrrole nitrogens is 1. The first-order valence-electron chi connectivity index (χ1n) is 7.94. The van der Waals surface area contributed by atoms with E-state index in [1.54, 1.807) is 11.0 Å². The van der Waals surface area contributed by atoms with Crippen LogP contribution < -0.4 is 5.56 Å². The van der Waals surface area contributed by atoms with Gasteiger partial charge in [-0.2, -0.15) is 0 Å². The average Bonchev–Trinajstić information content (AvgIpc) is 3.23. The number of aromatic amines is 1. The third-order valence-corrected chi connectivity index (χ3v) is 4.35. The number of piperidine rings is 1. The van der Waals surface area contributed by atoms with Gasteiger partial charge >= 0.3 is 0 Å². The molecule has 124 valence electrons. The van der Waals surface area contributed by atoms with E-state index in [0.29, 0.717) is 17.9 Å². The highest BCUT2D eigenvalue weighted by Gasteiger charge is 2.31. The molecule has 4 heterocycles. The molecule has 0 aromatic carbocycles. The summed E-state index contributed by atoms with van der Waals surface area (Å²) in [7, 11) is 0. The number of carbonyl (C=O) groups excluding carboxylic acids is 1. The van der Waals surface area contributed by atoms with Gasteiger partial charge in [0.2, 0.25) is 5.76 Å². The second kappa shape index (κ2) is 5.63. The molecule has 1 saturated heterocycles. The minimum absolute atomic E-state index is 0.180. The zero-order valence-electron chi connectivity index (χ0n) is 13.2. The molecule has 1 unspecified atom stereocenters. The van der Waals surface area contributed by atoms with Gasteiger partial charge in [-0.3, -0.25) is 14.7 Å². The summed E-state index contributed by atoms with van der Waals surface area (Å²) in [6.07, 6.45) is 4.12. The Morgan fingerprint density at radius 2 is 2.25 bits per heavy atom. The lowest BCUT2D eigenvalue weighted by Crippen LogP contribution is -2.39. The fraction of sp³-hybridized carbons (Fsp3) is 0.375. The molecule has 8 nitrogen and oxygen atoms in total. The van der Waals surface area contributed by atoms with Crippen LogP contribution in [0.5, 0.6) is 0 Å². The summed E-state index contributed by atoms with van der Waals surface area (Å²) >= 11 is 0. The number of fused-ring (bicyclic) bond motifs is 1. The van der Waals surface area contributed by atoms with Gasteiger partial charge in [-0.05, 0) is 26.2 Å². The number of hydrogen-bond donors (Lipinski definition) is 1. The van der Waals surface area contributed by atoms with Crippen molar-refractivity contribution < 1.29 is 9.32 Å². The van der Waals surface area contributed by atoms with Gasteiger partial charge in [0.05, 0.1) is 17.9 Å². The van der Waals surface area contributed by atoms with Crippen LogP contribution in [0.2, 0.25) is 0 Å². The Morgan fingerprint density at radius 3 is 3.04 bits per heavy atom. The maximum Gasteiger partial charge on any atom is 0.293 e. The van der Waals surface area contributed by atoms with Gasteiger partial charge in [0.25, 0.3) is 11.5 Å². The molecule has 1 fully saturated rings. The first-order valence-corrected chi connectivity index (χ1v) is 7.94. The molecule has 1 aliphatic rings. The molecular weight excluding hydrogens is 310 g/mol. The summed E-state index contributed by atoms with van der Waals surface area (Å²) in [5.41, 5.74) is 1.86. The Hall–Kier alpha value is -2.90. The molecule has 3 aromatic heterocycles. The lowest BCUT2D eigenvalue weighted by molar-refractivity contribution is 0.0564. The lowest BCUT2D eigenvalue weighted by Gasteiger charge is -2.34. The monoisotopic (exact) mass is 327 g/mol. The number of nitrogens with one attached hydrogen (secondary N) is 1. The molecule has 0 aliphatic carbocycles. The fourth-order valence-electron chi connectivity index (χ4n) is 3.25. The SMILES string of the molecule is Cc1cc2nc(C3CCCCN3C(=O)c3ccno3)cc(=O)n2[nH]1. The number of amides is 1. The van der Waals surface area contributed by atoms with E-state index in [2.05, 4.69) is 15.2 Å². The zero-order chi connectivity index (χ0) is 16.7. The lowest BCUT2D eigenvalue weighted by atomic mass is 9.98. The summed E-state index contributed by atoms with van der Waals surface area (Å²) in [5.74, 6) is -0.0124. The number of aromatic nitrogens is 4. The average molecular weight is 327 g/mol. The van der Waals surface area contributed by atoms with E-state index < -0.39 is 0 Å². The molecule has 0 bridgehead atoms. The van der Waals surface area contributed by atoms with Gasteiger partial charge in [0.1, 0.15) is 0 Å². The summed E-state index contributed by atoms with van der Waals surface area (Å²) < 4.78 is 6.40. The summed E-state index contributed by atoms with van der Waals surface area (Å²) in [6.45, 7) is 2.48. The highest BCUT2D eigenvalue weighted by atomic mass is 16.5. The quantitative estimate of drug-likeness (QED) is 0.772. The summed E-state index contributed by atoms with van der Waals surface area (Å²) in [6, 6.07) is 4.63. The predicted octanol–water partition coefficient (Wildman–Crippen LogP) is 1.69. The molecule has 1 N–H and O–H groups in total. The maximum absolute atomic E-state index is 12.7. The van der Waals surface area contributed by atoms with Crippen LogP contribution in [0.3, 0.4) is 0 Å². The summed E-state index contributed by atoms with van der Waals surface area (Å²) in [5, 5.41) is 6.55. The van der Waals surface area contributed by atoms with Crippen molar-refractivity contribution in [2.45, 2.75) is 32.2 Å². The van der Waals surface area contributed by atoms with Gasteiger partial charge in [0, 0.05) is 30.4 Å². The Morgan fingerprint density at radius 1 is 1.38 bits per heavy atom. The number of aryl methyl sites for hydroxylation is 1. The third-order valence-electron chi connectivity index (χ3n) is 4.35. The van der Waals surface area contributed by atoms with E-state index in [1.807, 2.05) is 13.0 Å². The molecule has 8 heteroatoms. The van der Waals surface area contributed by atoms with Crippen LogP contribution in [0.25, 0.3) is 5.65 Å². The van der Waals surface area contributed by atoms with Crippen molar-refractivity contribution in [1.82, 2.24) is 24.7 Å². The highest BCUT2D eigenvalue weighted by Crippen LogP contribution is 2.30. The minimum atomic E-state index is -0.232. The molecule has 1 amide bonds. The van der Waals surface area contributed by atoms with Crippen LogP contribution in [0.1, 0.15) is 47.2 Å². The summed E-state index contributed by atoms with van der Waals surface area (Å²) in [4.78, 5) is 31.3. The largest absolute Gasteiger partial charge is 0.351 e. The normalized spacial score (nSPS) is 18.2. The maximum atomic E-state index is 12.7. The molecule has 0 radical (unpaired) electrons. The second-order valence-electron chi connectivity index (χ2n) is 6.04. The van der Waals surface area contributed by atoms with Crippen molar-refractivity contribution in [3.8, 4) is 0 Å². The Bertz CT molecular complexity index is 940. The number of carbonyl (C=O) groups is 1. The third kappa shape index (κ3) is 2.40. The van der Waals surface area contributed by atoms with Crippen molar-refractivity contribution in [1.29, 1.82) is 0 Å². The van der Waals surface area contributed by atoms with Crippen molar-refractivity contribution in [2.75, 3.05) is 6.54 Å². The van der Waals surface area contributed by atoms with E-state index in [9.17, 15) is 9.59 Å². The van der Waals surface area contributed by atoms with Gasteiger partial charge in [-0.25, -0.2) is 9.50 Å². The molecule has 1 atom stereocenters. The number of hydrogen-bond acceptors (Lipinski definition) is 5. The van der Waals surface area contributed by atoms with Crippen LogP contribution in [-0.4, -0.2) is 37.1 Å². The van der Waals surface area contributed by atoms with E-state index in [1.165, 1.54) is 16.8 Å². The van der Waals surface area contributed by atoms with Crippen LogP contribution in [-0.2, 0) is 0 Å². The van der Waals surface area contributed by atoms with Crippen molar-refractivity contribution >= 4 is 11.6 Å². The first-order chi connectivity index (χ1) is 11.6. The number of nitrogens with zero attached hydrogens (tertiary/aromatic N) is 4. The standard InChI is InChI=1S/C16H17N5O3/c1-10-8-14-18-11(9-15(22)21(14)19-10)12-4-2-3-7-20(12)16(23)13-5-6-17-24-13/h5-6,8-9,12,19H,2-4,7H2,1H3. The van der Waals surface area contributed by atoms with E-state index in [0.717, 1.165) is 25.0 Å². The molecule has 0 saturated carbocycles. The Labute approximate surface area is 137 Å². The fourth-order valence-corrected chi connectivity index (χ4v) is 3.25. The smallest absolute Gasteiger partial charge is 0.293 e. The molecular formula is C16H17N5O3. The molecule has 24 heavy (non-hydrogen) atoms. The molecule has 1 aliphatic heterocycles. The Kier molecular flexibility index (Phi) is 3.44. The predicted molar refractivity (Wildman–Crippen MR) is 84.7 cm³/mol. The topological polar surface area (TPSA) is 96.5 Å². The van der Waals surface area contributed by atoms with Crippen molar-refractivity contribution in [3.63, 3.8) is 0 Å². The van der Waals surface area contributed by atoms with Gasteiger partial charge in [0.15, 0.2) is 5.65 Å². The molecule has 0 spiro atoms.